The molecule has 0 aliphatic carbocycles. The lowest BCUT2D eigenvalue weighted by Crippen LogP contribution is -2.58. The van der Waals surface area contributed by atoms with Gasteiger partial charge in [0.15, 0.2) is 0 Å². The Morgan fingerprint density at radius 2 is 2.19 bits per heavy atom. The smallest absolute Gasteiger partial charge is 0.339 e. The Bertz CT molecular complexity index is 603. The van der Waals surface area contributed by atoms with Gasteiger partial charge in [0.05, 0.1) is 0 Å². The molecule has 0 unspecified atom stereocenters. The number of hydrogen-bond acceptors (Lipinski definition) is 5. The summed E-state index contributed by atoms with van der Waals surface area (Å²) in [7, 11) is 0. The first kappa shape index (κ1) is 12.8. The summed E-state index contributed by atoms with van der Waals surface area (Å²) < 4.78 is 5.95. The van der Waals surface area contributed by atoms with E-state index in [1.807, 2.05) is 30.1 Å². The van der Waals surface area contributed by atoms with Crippen molar-refractivity contribution in [3.63, 3.8) is 0 Å². The third kappa shape index (κ3) is 1.60. The van der Waals surface area contributed by atoms with E-state index in [0.29, 0.717) is 6.42 Å². The Labute approximate surface area is 124 Å². The molecule has 5 heteroatoms. The molecule has 3 heterocycles. The predicted octanol–water partition coefficient (Wildman–Crippen LogP) is 2.52. The zero-order chi connectivity index (χ0) is 14.5. The molecule has 0 N–H and O–H groups in total. The molecule has 0 aromatic heterocycles. The Morgan fingerprint density at radius 1 is 1.38 bits per heavy atom. The molecule has 3 aliphatic heterocycles. The highest BCUT2D eigenvalue weighted by atomic mass is 16.6. The highest BCUT2D eigenvalue weighted by molar-refractivity contribution is 5.86. The van der Waals surface area contributed by atoms with E-state index in [1.165, 1.54) is 5.56 Å². The minimum atomic E-state index is -0.783. The lowest BCUT2D eigenvalue weighted by atomic mass is 9.73. The average Bonchev–Trinajstić information content (AvgIpc) is 3.00. The Morgan fingerprint density at radius 3 is 2.95 bits per heavy atom. The highest BCUT2D eigenvalue weighted by Gasteiger charge is 2.70. The van der Waals surface area contributed by atoms with Crippen molar-refractivity contribution in [1.29, 1.82) is 0 Å². The summed E-state index contributed by atoms with van der Waals surface area (Å²) in [4.78, 5) is 12.5. The summed E-state index contributed by atoms with van der Waals surface area (Å²) >= 11 is 0. The summed E-state index contributed by atoms with van der Waals surface area (Å²) in [5.41, 5.74) is -0.0586. The van der Waals surface area contributed by atoms with Gasteiger partial charge in [-0.3, -0.25) is 5.01 Å². The summed E-state index contributed by atoms with van der Waals surface area (Å²) in [6, 6.07) is 10.2. The lowest BCUT2D eigenvalue weighted by molar-refractivity contribution is -0.155. The van der Waals surface area contributed by atoms with Crippen molar-refractivity contribution in [3.8, 4) is 0 Å². The van der Waals surface area contributed by atoms with Gasteiger partial charge >= 0.3 is 5.97 Å². The van der Waals surface area contributed by atoms with Gasteiger partial charge in [-0.05, 0) is 24.8 Å². The van der Waals surface area contributed by atoms with Crippen LogP contribution in [0.3, 0.4) is 0 Å². The van der Waals surface area contributed by atoms with Gasteiger partial charge in [-0.2, -0.15) is 0 Å². The molecule has 110 valence electrons. The fourth-order valence-corrected chi connectivity index (χ4v) is 4.15. The van der Waals surface area contributed by atoms with Crippen molar-refractivity contribution in [2.45, 2.75) is 49.8 Å². The van der Waals surface area contributed by atoms with E-state index >= 15 is 0 Å². The minimum Gasteiger partial charge on any atom is -0.454 e. The molecule has 4 rings (SSSR count). The second kappa shape index (κ2) is 4.29. The Kier molecular flexibility index (Phi) is 2.62. The van der Waals surface area contributed by atoms with E-state index < -0.39 is 11.1 Å². The predicted molar refractivity (Wildman–Crippen MR) is 76.6 cm³/mol. The molecule has 3 atom stereocenters. The standard InChI is InChI=1S/C16H19N3O2/c1-2-16-13-15(21-14(16)20,9-6-10-19(13)18-17-16)11-12-7-4-3-5-8-12/h3-5,7-8,13H,2,6,9-11H2,1H3/t13-,15-,16-/m0/s1. The van der Waals surface area contributed by atoms with Crippen molar-refractivity contribution in [2.24, 2.45) is 10.3 Å². The minimum absolute atomic E-state index is 0.0449. The topological polar surface area (TPSA) is 54.3 Å². The number of rotatable bonds is 3. The molecule has 2 fully saturated rings. The molecular formula is C16H19N3O2. The van der Waals surface area contributed by atoms with Crippen LogP contribution in [0, 0.1) is 0 Å². The Hall–Kier alpha value is -1.91. The van der Waals surface area contributed by atoms with Gasteiger partial charge in [-0.15, -0.1) is 5.11 Å². The quantitative estimate of drug-likeness (QED) is 0.802. The summed E-state index contributed by atoms with van der Waals surface area (Å²) in [5, 5.41) is 10.6. The van der Waals surface area contributed by atoms with Crippen LogP contribution in [0.4, 0.5) is 0 Å². The second-order valence-corrected chi connectivity index (χ2v) is 6.25. The molecule has 0 bridgehead atoms. The largest absolute Gasteiger partial charge is 0.454 e. The van der Waals surface area contributed by atoms with E-state index in [2.05, 4.69) is 22.5 Å². The fourth-order valence-electron chi connectivity index (χ4n) is 4.15. The third-order valence-corrected chi connectivity index (χ3v) is 5.11. The third-order valence-electron chi connectivity index (χ3n) is 5.11. The first-order valence-electron chi connectivity index (χ1n) is 7.67. The van der Waals surface area contributed by atoms with E-state index in [-0.39, 0.29) is 12.0 Å². The molecular weight excluding hydrogens is 266 g/mol. The number of esters is 1. The zero-order valence-electron chi connectivity index (χ0n) is 12.2. The summed E-state index contributed by atoms with van der Waals surface area (Å²) in [6.45, 7) is 2.86. The van der Waals surface area contributed by atoms with E-state index in [0.717, 1.165) is 25.8 Å². The maximum atomic E-state index is 12.5. The van der Waals surface area contributed by atoms with Crippen LogP contribution >= 0.6 is 0 Å². The number of ether oxygens (including phenoxy) is 1. The SMILES string of the molecule is CC[C@@]12N=NN3CCC[C@@](Cc4ccccc4)(OC1=O)[C@H]32. The van der Waals surface area contributed by atoms with Crippen LogP contribution in [0.2, 0.25) is 0 Å². The van der Waals surface area contributed by atoms with Crippen molar-refractivity contribution in [2.75, 3.05) is 6.54 Å². The monoisotopic (exact) mass is 285 g/mol. The van der Waals surface area contributed by atoms with Gasteiger partial charge in [0.25, 0.3) is 0 Å². The van der Waals surface area contributed by atoms with E-state index in [9.17, 15) is 4.79 Å². The normalized spacial score (nSPS) is 36.7. The van der Waals surface area contributed by atoms with Crippen LogP contribution in [0.5, 0.6) is 0 Å². The van der Waals surface area contributed by atoms with Crippen molar-refractivity contribution in [3.05, 3.63) is 35.9 Å². The highest BCUT2D eigenvalue weighted by Crippen LogP contribution is 2.51. The van der Waals surface area contributed by atoms with Crippen molar-refractivity contribution < 1.29 is 9.53 Å². The molecule has 1 aromatic carbocycles. The van der Waals surface area contributed by atoms with Crippen LogP contribution in [0.15, 0.2) is 40.7 Å². The van der Waals surface area contributed by atoms with Crippen molar-refractivity contribution in [1.82, 2.24) is 5.01 Å². The van der Waals surface area contributed by atoms with Crippen LogP contribution in [0.25, 0.3) is 0 Å². The molecule has 0 saturated carbocycles. The van der Waals surface area contributed by atoms with Crippen LogP contribution < -0.4 is 0 Å². The molecule has 1 aromatic rings. The van der Waals surface area contributed by atoms with Crippen LogP contribution in [-0.2, 0) is 16.0 Å². The van der Waals surface area contributed by atoms with Gasteiger partial charge in [-0.1, -0.05) is 42.5 Å². The Balaban J connectivity index is 1.76. The number of nitrogens with zero attached hydrogens (tertiary/aromatic N) is 3. The van der Waals surface area contributed by atoms with Crippen LogP contribution in [0.1, 0.15) is 31.7 Å². The van der Waals surface area contributed by atoms with Gasteiger partial charge in [-0.25, -0.2) is 4.79 Å². The second-order valence-electron chi connectivity index (χ2n) is 6.25. The molecule has 3 aliphatic rings. The van der Waals surface area contributed by atoms with Gasteiger partial charge in [0.2, 0.25) is 5.54 Å². The average molecular weight is 285 g/mol. The molecule has 0 spiro atoms. The maximum absolute atomic E-state index is 12.5. The summed E-state index contributed by atoms with van der Waals surface area (Å²) in [6.07, 6.45) is 3.26. The zero-order valence-corrected chi connectivity index (χ0v) is 12.2. The van der Waals surface area contributed by atoms with Gasteiger partial charge < -0.3 is 4.74 Å². The first-order chi connectivity index (χ1) is 10.2. The molecule has 21 heavy (non-hydrogen) atoms. The van der Waals surface area contributed by atoms with Crippen LogP contribution in [-0.4, -0.2) is 34.7 Å². The number of benzene rings is 1. The lowest BCUT2D eigenvalue weighted by Gasteiger charge is -2.42. The van der Waals surface area contributed by atoms with Gasteiger partial charge in [0.1, 0.15) is 11.6 Å². The first-order valence-corrected chi connectivity index (χ1v) is 7.67. The number of carbonyl (C=O) groups excluding carboxylic acids is 1. The summed E-state index contributed by atoms with van der Waals surface area (Å²) in [5.74, 6) is -0.195. The molecule has 5 nitrogen and oxygen atoms in total. The number of carbonyl (C=O) groups is 1. The van der Waals surface area contributed by atoms with Gasteiger partial charge in [0, 0.05) is 13.0 Å². The fraction of sp³-hybridized carbons (Fsp3) is 0.562. The maximum Gasteiger partial charge on any atom is 0.339 e. The molecule has 0 radical (unpaired) electrons. The number of piperidine rings is 1. The van der Waals surface area contributed by atoms with E-state index in [1.54, 1.807) is 0 Å². The molecule has 2 saturated heterocycles. The number of hydrogen-bond donors (Lipinski definition) is 0. The van der Waals surface area contributed by atoms with E-state index in [4.69, 9.17) is 4.74 Å². The van der Waals surface area contributed by atoms with Crippen molar-refractivity contribution >= 4 is 5.97 Å². The molecule has 0 amide bonds.